The largest absolute Gasteiger partial charge is 0.459 e. The Bertz CT molecular complexity index is 984. The molecule has 0 spiro atoms. The minimum Gasteiger partial charge on any atom is -0.459 e. The molecule has 0 aliphatic rings. The zero-order chi connectivity index (χ0) is 17.9. The number of carbonyl (C=O) groups is 1. The van der Waals surface area contributed by atoms with E-state index in [9.17, 15) is 13.2 Å². The molecule has 0 unspecified atom stereocenters. The highest BCUT2D eigenvalue weighted by molar-refractivity contribution is 7.92. The number of anilines is 2. The van der Waals surface area contributed by atoms with E-state index in [-0.39, 0.29) is 10.7 Å². The predicted octanol–water partition coefficient (Wildman–Crippen LogP) is 3.99. The number of hydrogen-bond acceptors (Lipinski definition) is 4. The molecule has 0 saturated heterocycles. The summed E-state index contributed by atoms with van der Waals surface area (Å²) in [6.07, 6.45) is 1.39. The van der Waals surface area contributed by atoms with Crippen molar-refractivity contribution in [1.82, 2.24) is 0 Å². The molecule has 0 bridgehead atoms. The van der Waals surface area contributed by atoms with Crippen LogP contribution in [0.25, 0.3) is 0 Å². The van der Waals surface area contributed by atoms with Crippen molar-refractivity contribution in [3.8, 4) is 0 Å². The molecule has 1 heterocycles. The summed E-state index contributed by atoms with van der Waals surface area (Å²) >= 11 is 5.97. The summed E-state index contributed by atoms with van der Waals surface area (Å²) in [5, 5.41) is 2.91. The maximum absolute atomic E-state index is 12.4. The Kier molecular flexibility index (Phi) is 4.78. The zero-order valence-corrected chi connectivity index (χ0v) is 14.3. The average molecular weight is 377 g/mol. The molecule has 25 heavy (non-hydrogen) atoms. The standard InChI is InChI=1S/C17H13ClN2O4S/c18-14-4-1-2-5-15(14)20-25(22,23)13-9-7-12(8-10-13)19-17(21)16-6-3-11-24-16/h1-11,20H,(H,19,21). The van der Waals surface area contributed by atoms with E-state index in [1.165, 1.54) is 36.6 Å². The van der Waals surface area contributed by atoms with Gasteiger partial charge in [0.1, 0.15) is 0 Å². The lowest BCUT2D eigenvalue weighted by atomic mass is 10.3. The zero-order valence-electron chi connectivity index (χ0n) is 12.8. The molecule has 0 aliphatic heterocycles. The number of halogens is 1. The van der Waals surface area contributed by atoms with E-state index in [0.717, 1.165) is 0 Å². The summed E-state index contributed by atoms with van der Waals surface area (Å²) in [4.78, 5) is 11.9. The second-order valence-electron chi connectivity index (χ2n) is 5.04. The number of benzene rings is 2. The van der Waals surface area contributed by atoms with E-state index in [1.54, 1.807) is 30.3 Å². The van der Waals surface area contributed by atoms with Crippen LogP contribution in [-0.4, -0.2) is 14.3 Å². The van der Waals surface area contributed by atoms with Crippen molar-refractivity contribution < 1.29 is 17.6 Å². The van der Waals surface area contributed by atoms with Crippen LogP contribution in [0.2, 0.25) is 5.02 Å². The van der Waals surface area contributed by atoms with Gasteiger partial charge < -0.3 is 9.73 Å². The highest BCUT2D eigenvalue weighted by atomic mass is 35.5. The summed E-state index contributed by atoms with van der Waals surface area (Å²) in [5.74, 6) is -0.258. The number of carbonyl (C=O) groups excluding carboxylic acids is 1. The van der Waals surface area contributed by atoms with Gasteiger partial charge in [-0.25, -0.2) is 8.42 Å². The van der Waals surface area contributed by atoms with Crippen LogP contribution in [0.3, 0.4) is 0 Å². The molecule has 128 valence electrons. The summed E-state index contributed by atoms with van der Waals surface area (Å²) in [5.41, 5.74) is 0.734. The number of para-hydroxylation sites is 1. The fraction of sp³-hybridized carbons (Fsp3) is 0. The summed E-state index contributed by atoms with van der Waals surface area (Å²) < 4.78 is 32.2. The Hall–Kier alpha value is -2.77. The molecule has 2 aromatic carbocycles. The molecule has 8 heteroatoms. The Balaban J connectivity index is 1.75. The average Bonchev–Trinajstić information content (AvgIpc) is 3.12. The number of hydrogen-bond donors (Lipinski definition) is 2. The van der Waals surface area contributed by atoms with Crippen LogP contribution in [-0.2, 0) is 10.0 Å². The third-order valence-corrected chi connectivity index (χ3v) is 5.00. The van der Waals surface area contributed by atoms with Gasteiger partial charge in [0.2, 0.25) is 0 Å². The van der Waals surface area contributed by atoms with Crippen molar-refractivity contribution >= 4 is 38.9 Å². The molecular weight excluding hydrogens is 364 g/mol. The lowest BCUT2D eigenvalue weighted by Gasteiger charge is -2.10. The van der Waals surface area contributed by atoms with Crippen molar-refractivity contribution in [1.29, 1.82) is 0 Å². The molecule has 0 aliphatic carbocycles. The SMILES string of the molecule is O=C(Nc1ccc(S(=O)(=O)Nc2ccccc2Cl)cc1)c1ccco1. The molecule has 3 rings (SSSR count). The maximum atomic E-state index is 12.4. The van der Waals surface area contributed by atoms with E-state index < -0.39 is 15.9 Å². The van der Waals surface area contributed by atoms with Gasteiger partial charge in [-0.05, 0) is 48.5 Å². The fourth-order valence-corrected chi connectivity index (χ4v) is 3.38. The third-order valence-electron chi connectivity index (χ3n) is 3.29. The summed E-state index contributed by atoms with van der Waals surface area (Å²) in [7, 11) is -3.79. The van der Waals surface area contributed by atoms with Crippen LogP contribution >= 0.6 is 11.6 Å². The van der Waals surface area contributed by atoms with Crippen LogP contribution in [0.5, 0.6) is 0 Å². The highest BCUT2D eigenvalue weighted by Gasteiger charge is 2.16. The minimum absolute atomic E-state index is 0.0448. The molecule has 0 saturated carbocycles. The Labute approximate surface area is 149 Å². The fourth-order valence-electron chi connectivity index (χ4n) is 2.07. The van der Waals surface area contributed by atoms with Gasteiger partial charge in [0, 0.05) is 5.69 Å². The van der Waals surface area contributed by atoms with Crippen LogP contribution in [0.4, 0.5) is 11.4 Å². The molecular formula is C17H13ClN2O4S. The van der Waals surface area contributed by atoms with E-state index in [1.807, 2.05) is 0 Å². The first kappa shape index (κ1) is 17.1. The quantitative estimate of drug-likeness (QED) is 0.704. The van der Waals surface area contributed by atoms with Crippen LogP contribution in [0, 0.1) is 0 Å². The third kappa shape index (κ3) is 4.01. The first-order valence-electron chi connectivity index (χ1n) is 7.18. The number of nitrogens with one attached hydrogen (secondary N) is 2. The molecule has 0 atom stereocenters. The van der Waals surface area contributed by atoms with E-state index >= 15 is 0 Å². The topological polar surface area (TPSA) is 88.4 Å². The van der Waals surface area contributed by atoms with E-state index in [4.69, 9.17) is 16.0 Å². The monoisotopic (exact) mass is 376 g/mol. The van der Waals surface area contributed by atoms with Gasteiger partial charge in [0.25, 0.3) is 15.9 Å². The van der Waals surface area contributed by atoms with Crippen LogP contribution in [0.1, 0.15) is 10.6 Å². The molecule has 0 fully saturated rings. The predicted molar refractivity (Wildman–Crippen MR) is 95.4 cm³/mol. The first-order chi connectivity index (χ1) is 12.0. The van der Waals surface area contributed by atoms with Crippen molar-refractivity contribution in [3.63, 3.8) is 0 Å². The highest BCUT2D eigenvalue weighted by Crippen LogP contribution is 2.24. The molecule has 3 aromatic rings. The van der Waals surface area contributed by atoms with Crippen molar-refractivity contribution in [3.05, 3.63) is 77.7 Å². The Morgan fingerprint density at radius 1 is 0.960 bits per heavy atom. The molecule has 1 amide bonds. The maximum Gasteiger partial charge on any atom is 0.291 e. The van der Waals surface area contributed by atoms with Gasteiger partial charge in [-0.15, -0.1) is 0 Å². The first-order valence-corrected chi connectivity index (χ1v) is 9.04. The van der Waals surface area contributed by atoms with Gasteiger partial charge in [0.15, 0.2) is 5.76 Å². The van der Waals surface area contributed by atoms with Crippen LogP contribution in [0.15, 0.2) is 76.2 Å². The molecule has 2 N–H and O–H groups in total. The van der Waals surface area contributed by atoms with Crippen LogP contribution < -0.4 is 10.0 Å². The number of amides is 1. The van der Waals surface area contributed by atoms with Gasteiger partial charge in [-0.1, -0.05) is 23.7 Å². The van der Waals surface area contributed by atoms with Crippen molar-refractivity contribution in [2.75, 3.05) is 10.0 Å². The smallest absolute Gasteiger partial charge is 0.291 e. The van der Waals surface area contributed by atoms with Crippen molar-refractivity contribution in [2.45, 2.75) is 4.90 Å². The van der Waals surface area contributed by atoms with Gasteiger partial charge in [-0.2, -0.15) is 0 Å². The second-order valence-corrected chi connectivity index (χ2v) is 7.13. The molecule has 6 nitrogen and oxygen atoms in total. The van der Waals surface area contributed by atoms with E-state index in [2.05, 4.69) is 10.0 Å². The van der Waals surface area contributed by atoms with Gasteiger partial charge in [-0.3, -0.25) is 9.52 Å². The molecule has 1 aromatic heterocycles. The van der Waals surface area contributed by atoms with E-state index in [0.29, 0.717) is 16.4 Å². The Morgan fingerprint density at radius 2 is 1.68 bits per heavy atom. The van der Waals surface area contributed by atoms with Gasteiger partial charge in [0.05, 0.1) is 21.9 Å². The lowest BCUT2D eigenvalue weighted by Crippen LogP contribution is -2.14. The Morgan fingerprint density at radius 3 is 2.32 bits per heavy atom. The second kappa shape index (κ2) is 7.00. The number of furan rings is 1. The normalized spacial score (nSPS) is 11.1. The summed E-state index contributed by atoms with van der Waals surface area (Å²) in [6.45, 7) is 0. The lowest BCUT2D eigenvalue weighted by molar-refractivity contribution is 0.0996. The number of sulfonamides is 1. The minimum atomic E-state index is -3.79. The molecule has 0 radical (unpaired) electrons. The number of rotatable bonds is 5. The van der Waals surface area contributed by atoms with Gasteiger partial charge >= 0.3 is 0 Å². The van der Waals surface area contributed by atoms with Crippen molar-refractivity contribution in [2.24, 2.45) is 0 Å². The summed E-state index contributed by atoms with van der Waals surface area (Å²) in [6, 6.07) is 15.4.